The highest BCUT2D eigenvalue weighted by Crippen LogP contribution is 2.36. The van der Waals surface area contributed by atoms with Crippen LogP contribution >= 0.6 is 11.6 Å². The van der Waals surface area contributed by atoms with E-state index in [2.05, 4.69) is 14.2 Å². The highest BCUT2D eigenvalue weighted by molar-refractivity contribution is 6.29. The van der Waals surface area contributed by atoms with Gasteiger partial charge in [-0.2, -0.15) is 0 Å². The van der Waals surface area contributed by atoms with Crippen molar-refractivity contribution in [1.82, 2.24) is 5.32 Å². The summed E-state index contributed by atoms with van der Waals surface area (Å²) in [6.07, 6.45) is -7.18. The molecule has 1 aromatic heterocycles. The van der Waals surface area contributed by atoms with Crippen LogP contribution in [-0.4, -0.2) is 74.3 Å². The summed E-state index contributed by atoms with van der Waals surface area (Å²) in [5.74, 6) is -7.47. The van der Waals surface area contributed by atoms with E-state index in [9.17, 15) is 34.8 Å². The van der Waals surface area contributed by atoms with Crippen molar-refractivity contribution in [2.24, 2.45) is 5.92 Å². The number of aliphatic hydroxyl groups is 5. The number of hydrogen-bond donors (Lipinski definition) is 6. The van der Waals surface area contributed by atoms with Gasteiger partial charge in [0.1, 0.15) is 6.23 Å². The van der Waals surface area contributed by atoms with E-state index in [-0.39, 0.29) is 5.76 Å². The molecule has 2 heterocycles. The quantitative estimate of drug-likeness (QED) is 0.179. The molecular formula is C16H22ClNO12. The largest absolute Gasteiger partial charge is 0.520 e. The summed E-state index contributed by atoms with van der Waals surface area (Å²) in [5.41, 5.74) is 0. The summed E-state index contributed by atoms with van der Waals surface area (Å²) >= 11 is 5.56. The van der Waals surface area contributed by atoms with E-state index in [0.29, 0.717) is 0 Å². The maximum atomic E-state index is 12.4. The van der Waals surface area contributed by atoms with E-state index in [1.165, 1.54) is 0 Å². The minimum Gasteiger partial charge on any atom is -0.453 e. The normalized spacial score (nSPS) is 28.6. The Labute approximate surface area is 173 Å². The molecule has 6 N–H and O–H groups in total. The average Bonchev–Trinajstić information content (AvgIpc) is 2.95. The molecule has 1 fully saturated rings. The molecule has 13 nitrogen and oxygen atoms in total. The fourth-order valence-electron chi connectivity index (χ4n) is 3.06. The number of amides is 1. The molecule has 0 saturated carbocycles. The smallest absolute Gasteiger partial charge is 0.453 e. The number of esters is 1. The summed E-state index contributed by atoms with van der Waals surface area (Å²) in [4.78, 5) is 34.5. The molecule has 14 heteroatoms. The van der Waals surface area contributed by atoms with Crippen LogP contribution in [0.1, 0.15) is 25.5 Å². The predicted molar refractivity (Wildman–Crippen MR) is 93.5 cm³/mol. The van der Waals surface area contributed by atoms with Crippen molar-refractivity contribution in [3.63, 3.8) is 0 Å². The van der Waals surface area contributed by atoms with Gasteiger partial charge in [0.2, 0.25) is 16.9 Å². The predicted octanol–water partition coefficient (Wildman–Crippen LogP) is -2.42. The zero-order chi connectivity index (χ0) is 22.6. The second kappa shape index (κ2) is 9.87. The summed E-state index contributed by atoms with van der Waals surface area (Å²) in [5, 5.41) is 51.7. The van der Waals surface area contributed by atoms with E-state index < -0.39 is 85.2 Å². The molecule has 6 atom stereocenters. The minimum absolute atomic E-state index is 0.332. The van der Waals surface area contributed by atoms with E-state index in [1.807, 2.05) is 0 Å². The first-order valence-electron chi connectivity index (χ1n) is 8.74. The van der Waals surface area contributed by atoms with Gasteiger partial charge in [0.15, 0.2) is 6.61 Å². The summed E-state index contributed by atoms with van der Waals surface area (Å²) < 4.78 is 19.0. The third kappa shape index (κ3) is 5.78. The van der Waals surface area contributed by atoms with Crippen LogP contribution in [0.2, 0.25) is 5.22 Å². The SMILES string of the molecule is CC(=O)N[C@@H](O)C1C(O)CC(O)(C(=O)OCc2oc(=O)oc2Cl)OC1C[C@H](O)CO. The van der Waals surface area contributed by atoms with Crippen molar-refractivity contribution in [1.29, 1.82) is 0 Å². The zero-order valence-corrected chi connectivity index (χ0v) is 16.4. The Morgan fingerprint density at radius 3 is 2.57 bits per heavy atom. The van der Waals surface area contributed by atoms with Crippen LogP contribution in [0.3, 0.4) is 0 Å². The van der Waals surface area contributed by atoms with Gasteiger partial charge < -0.3 is 49.2 Å². The van der Waals surface area contributed by atoms with Gasteiger partial charge in [-0.25, -0.2) is 9.59 Å². The number of carbonyl (C=O) groups excluding carboxylic acids is 2. The van der Waals surface area contributed by atoms with Crippen LogP contribution in [0.25, 0.3) is 0 Å². The first kappa shape index (κ1) is 24.3. The van der Waals surface area contributed by atoms with Gasteiger partial charge in [-0.3, -0.25) is 4.79 Å². The molecule has 0 radical (unpaired) electrons. The lowest BCUT2D eigenvalue weighted by atomic mass is 9.83. The molecule has 1 aliphatic rings. The van der Waals surface area contributed by atoms with Gasteiger partial charge in [0.25, 0.3) is 5.79 Å². The highest BCUT2D eigenvalue weighted by atomic mass is 35.5. The summed E-state index contributed by atoms with van der Waals surface area (Å²) in [7, 11) is 0. The van der Waals surface area contributed by atoms with Crippen molar-refractivity contribution in [2.75, 3.05) is 6.61 Å². The Morgan fingerprint density at radius 1 is 1.37 bits per heavy atom. The maximum Gasteiger partial charge on any atom is 0.520 e. The third-order valence-electron chi connectivity index (χ3n) is 4.39. The third-order valence-corrected chi connectivity index (χ3v) is 4.68. The number of hydrogen-bond acceptors (Lipinski definition) is 12. The van der Waals surface area contributed by atoms with Crippen LogP contribution in [0, 0.1) is 5.92 Å². The second-order valence-electron chi connectivity index (χ2n) is 6.73. The van der Waals surface area contributed by atoms with Crippen molar-refractivity contribution in [3.05, 3.63) is 21.6 Å². The number of aliphatic hydroxyl groups excluding tert-OH is 4. The van der Waals surface area contributed by atoms with Gasteiger partial charge in [0, 0.05) is 19.8 Å². The molecule has 1 amide bonds. The van der Waals surface area contributed by atoms with Crippen molar-refractivity contribution < 1.29 is 53.4 Å². The Balaban J connectivity index is 2.17. The van der Waals surface area contributed by atoms with E-state index in [0.717, 1.165) is 6.92 Å². The Kier molecular flexibility index (Phi) is 7.99. The van der Waals surface area contributed by atoms with E-state index in [1.54, 1.807) is 0 Å². The first-order chi connectivity index (χ1) is 14.0. The Morgan fingerprint density at radius 2 is 2.03 bits per heavy atom. The fourth-order valence-corrected chi connectivity index (χ4v) is 3.22. The van der Waals surface area contributed by atoms with Gasteiger partial charge in [-0.15, -0.1) is 0 Å². The van der Waals surface area contributed by atoms with E-state index >= 15 is 0 Å². The van der Waals surface area contributed by atoms with Crippen molar-refractivity contribution in [3.8, 4) is 0 Å². The molecule has 0 spiro atoms. The number of halogens is 1. The van der Waals surface area contributed by atoms with Crippen LogP contribution in [0.5, 0.6) is 0 Å². The molecule has 4 unspecified atom stereocenters. The van der Waals surface area contributed by atoms with E-state index in [4.69, 9.17) is 26.2 Å². The van der Waals surface area contributed by atoms with Crippen molar-refractivity contribution in [2.45, 2.75) is 56.7 Å². The molecular weight excluding hydrogens is 434 g/mol. The Bertz CT molecular complexity index is 808. The van der Waals surface area contributed by atoms with Gasteiger partial charge in [-0.1, -0.05) is 0 Å². The molecule has 1 aromatic rings. The number of rotatable bonds is 8. The average molecular weight is 456 g/mol. The fraction of sp³-hybridized carbons (Fsp3) is 0.688. The highest BCUT2D eigenvalue weighted by Gasteiger charge is 2.53. The summed E-state index contributed by atoms with van der Waals surface area (Å²) in [6.45, 7) is -0.295. The van der Waals surface area contributed by atoms with Crippen LogP contribution in [0.15, 0.2) is 13.6 Å². The van der Waals surface area contributed by atoms with Gasteiger partial charge in [-0.05, 0) is 11.6 Å². The number of ether oxygens (including phenoxy) is 2. The van der Waals surface area contributed by atoms with Gasteiger partial charge >= 0.3 is 11.8 Å². The maximum absolute atomic E-state index is 12.4. The minimum atomic E-state index is -2.72. The Hall–Kier alpha value is -2.00. The van der Waals surface area contributed by atoms with Gasteiger partial charge in [0.05, 0.1) is 30.8 Å². The number of nitrogens with one attached hydrogen (secondary N) is 1. The monoisotopic (exact) mass is 455 g/mol. The molecule has 1 saturated heterocycles. The first-order valence-corrected chi connectivity index (χ1v) is 9.12. The lowest BCUT2D eigenvalue weighted by Crippen LogP contribution is -2.61. The van der Waals surface area contributed by atoms with Crippen LogP contribution in [0.4, 0.5) is 0 Å². The summed E-state index contributed by atoms with van der Waals surface area (Å²) in [6, 6.07) is 0. The lowest BCUT2D eigenvalue weighted by Gasteiger charge is -2.44. The zero-order valence-electron chi connectivity index (χ0n) is 15.7. The molecule has 0 bridgehead atoms. The van der Waals surface area contributed by atoms with Crippen LogP contribution in [-0.2, 0) is 25.7 Å². The topological polar surface area (TPSA) is 209 Å². The second-order valence-corrected chi connectivity index (χ2v) is 7.08. The molecule has 1 aliphatic heterocycles. The van der Waals surface area contributed by atoms with Crippen LogP contribution < -0.4 is 11.1 Å². The molecule has 0 aromatic carbocycles. The number of carbonyl (C=O) groups is 2. The molecule has 0 aliphatic carbocycles. The standard InChI is InChI=1S/C16H22ClNO12/c1-6(20)18-13(23)11-8(22)3-16(26,30-9(11)2-7(21)4-19)14(24)27-5-10-12(17)29-15(25)28-10/h7-9,11,13,19,21-23,26H,2-5H2,1H3,(H,18,20)/t7-,8?,9?,11?,13-,16?/m0/s1. The molecule has 30 heavy (non-hydrogen) atoms. The lowest BCUT2D eigenvalue weighted by molar-refractivity contribution is -0.300. The molecule has 170 valence electrons. The molecule has 2 rings (SSSR count). The van der Waals surface area contributed by atoms with Crippen molar-refractivity contribution >= 4 is 23.5 Å².